The molecule has 2 unspecified atom stereocenters. The Labute approximate surface area is 161 Å². The van der Waals surface area contributed by atoms with Crippen LogP contribution >= 0.6 is 24.0 Å². The number of hydrogen-bond donors (Lipinski definition) is 2. The number of guanidine groups is 1. The second-order valence-electron chi connectivity index (χ2n) is 6.06. The highest BCUT2D eigenvalue weighted by Gasteiger charge is 2.17. The Morgan fingerprint density at radius 1 is 1.50 bits per heavy atom. The zero-order chi connectivity index (χ0) is 16.8. The molecule has 8 heteroatoms. The summed E-state index contributed by atoms with van der Waals surface area (Å²) < 4.78 is 13.1. The summed E-state index contributed by atoms with van der Waals surface area (Å²) in [6, 6.07) is 0.179. The Hall–Kier alpha value is -0.870. The maximum Gasteiger partial charge on any atom is 0.191 e. The van der Waals surface area contributed by atoms with Crippen molar-refractivity contribution < 1.29 is 9.47 Å². The predicted molar refractivity (Wildman–Crippen MR) is 106 cm³/mol. The van der Waals surface area contributed by atoms with Crippen molar-refractivity contribution in [3.8, 4) is 0 Å². The van der Waals surface area contributed by atoms with Gasteiger partial charge in [-0.15, -0.1) is 24.0 Å². The van der Waals surface area contributed by atoms with E-state index in [2.05, 4.69) is 34.6 Å². The van der Waals surface area contributed by atoms with E-state index in [0.29, 0.717) is 19.8 Å². The topological polar surface area (TPSA) is 72.7 Å². The lowest BCUT2D eigenvalue weighted by Gasteiger charge is -2.19. The van der Waals surface area contributed by atoms with Crippen molar-refractivity contribution >= 4 is 29.9 Å². The third kappa shape index (κ3) is 5.89. The fourth-order valence-corrected chi connectivity index (χ4v) is 2.64. The van der Waals surface area contributed by atoms with Crippen molar-refractivity contribution in [3.63, 3.8) is 0 Å². The number of hydrogen-bond acceptors (Lipinski definition) is 4. The van der Waals surface area contributed by atoms with Crippen LogP contribution in [0.5, 0.6) is 0 Å². The van der Waals surface area contributed by atoms with E-state index >= 15 is 0 Å². The van der Waals surface area contributed by atoms with Crippen molar-refractivity contribution in [1.82, 2.24) is 20.4 Å². The van der Waals surface area contributed by atoms with Gasteiger partial charge >= 0.3 is 0 Å². The first-order valence-corrected chi connectivity index (χ1v) is 8.16. The second-order valence-corrected chi connectivity index (χ2v) is 6.06. The molecule has 1 saturated heterocycles. The van der Waals surface area contributed by atoms with Gasteiger partial charge in [-0.1, -0.05) is 0 Å². The lowest BCUT2D eigenvalue weighted by Crippen LogP contribution is -2.44. The van der Waals surface area contributed by atoms with Crippen molar-refractivity contribution in [3.05, 3.63) is 17.0 Å². The van der Waals surface area contributed by atoms with E-state index in [4.69, 9.17) is 9.47 Å². The minimum absolute atomic E-state index is 0. The number of nitrogens with zero attached hydrogens (tertiary/aromatic N) is 3. The monoisotopic (exact) mass is 451 g/mol. The molecular weight excluding hydrogens is 421 g/mol. The van der Waals surface area contributed by atoms with Gasteiger partial charge in [0.1, 0.15) is 0 Å². The first kappa shape index (κ1) is 21.2. The molecule has 0 saturated carbocycles. The lowest BCUT2D eigenvalue weighted by atomic mass is 10.2. The number of ether oxygens (including phenoxy) is 2. The molecule has 2 N–H and O–H groups in total. The first-order valence-electron chi connectivity index (χ1n) is 8.16. The van der Waals surface area contributed by atoms with Crippen LogP contribution in [0.15, 0.2) is 4.99 Å². The molecule has 1 aliphatic rings. The molecule has 138 valence electrons. The van der Waals surface area contributed by atoms with E-state index in [-0.39, 0.29) is 36.1 Å². The molecule has 1 aliphatic heterocycles. The van der Waals surface area contributed by atoms with Gasteiger partial charge in [-0.25, -0.2) is 0 Å². The van der Waals surface area contributed by atoms with Crippen molar-refractivity contribution in [2.75, 3.05) is 26.9 Å². The summed E-state index contributed by atoms with van der Waals surface area (Å²) in [4.78, 5) is 4.28. The van der Waals surface area contributed by atoms with Gasteiger partial charge in [0.2, 0.25) is 0 Å². The first-order chi connectivity index (χ1) is 11.0. The molecule has 0 radical (unpaired) electrons. The highest BCUT2D eigenvalue weighted by Crippen LogP contribution is 2.11. The van der Waals surface area contributed by atoms with Gasteiger partial charge in [-0.2, -0.15) is 5.10 Å². The number of aromatic nitrogens is 2. The van der Waals surface area contributed by atoms with Crippen LogP contribution in [-0.2, 0) is 23.1 Å². The minimum Gasteiger partial charge on any atom is -0.379 e. The molecule has 0 aliphatic carbocycles. The Kier molecular flexibility index (Phi) is 8.99. The van der Waals surface area contributed by atoms with Gasteiger partial charge in [0.25, 0.3) is 0 Å². The summed E-state index contributed by atoms with van der Waals surface area (Å²) in [5, 5.41) is 11.1. The number of aryl methyl sites for hydroxylation is 2. The Balaban J connectivity index is 0.00000288. The standard InChI is InChI=1S/C16H29N5O2.HI/c1-11(9-23-14-6-7-22-10-14)19-16(17-4)18-8-15-12(2)20-21(5)13(15)3;/h11,14H,6-10H2,1-5H3,(H2,17,18,19);1H. The van der Waals surface area contributed by atoms with Crippen LogP contribution in [0, 0.1) is 13.8 Å². The van der Waals surface area contributed by atoms with E-state index in [1.165, 1.54) is 11.3 Å². The summed E-state index contributed by atoms with van der Waals surface area (Å²) in [6.45, 7) is 9.05. The Morgan fingerprint density at radius 3 is 2.79 bits per heavy atom. The van der Waals surface area contributed by atoms with Crippen molar-refractivity contribution in [2.24, 2.45) is 12.0 Å². The van der Waals surface area contributed by atoms with Gasteiger partial charge in [0.15, 0.2) is 5.96 Å². The SMILES string of the molecule is CN=C(NCc1c(C)nn(C)c1C)NC(C)COC1CCOC1.I. The smallest absolute Gasteiger partial charge is 0.191 e. The fourth-order valence-electron chi connectivity index (χ4n) is 2.64. The van der Waals surface area contributed by atoms with Crippen molar-refractivity contribution in [1.29, 1.82) is 0 Å². The maximum absolute atomic E-state index is 5.83. The van der Waals surface area contributed by atoms with Crippen molar-refractivity contribution in [2.45, 2.75) is 45.9 Å². The highest BCUT2D eigenvalue weighted by molar-refractivity contribution is 14.0. The van der Waals surface area contributed by atoms with E-state index in [1.807, 2.05) is 18.7 Å². The van der Waals surface area contributed by atoms with Gasteiger partial charge in [-0.05, 0) is 27.2 Å². The van der Waals surface area contributed by atoms with Gasteiger partial charge in [-0.3, -0.25) is 9.67 Å². The predicted octanol–water partition coefficient (Wildman–Crippen LogP) is 1.51. The molecule has 0 bridgehead atoms. The molecular formula is C16H30IN5O2. The molecule has 24 heavy (non-hydrogen) atoms. The molecule has 0 spiro atoms. The van der Waals surface area contributed by atoms with Crippen LogP contribution in [0.25, 0.3) is 0 Å². The number of rotatable bonds is 6. The summed E-state index contributed by atoms with van der Waals surface area (Å²) >= 11 is 0. The van der Waals surface area contributed by atoms with Crippen LogP contribution in [0.3, 0.4) is 0 Å². The molecule has 1 fully saturated rings. The molecule has 2 heterocycles. The normalized spacial score (nSPS) is 19.0. The Bertz CT molecular complexity index is 541. The summed E-state index contributed by atoms with van der Waals surface area (Å²) in [7, 11) is 3.74. The molecule has 2 atom stereocenters. The largest absolute Gasteiger partial charge is 0.379 e. The quantitative estimate of drug-likeness (QED) is 0.390. The van der Waals surface area contributed by atoms with Crippen LogP contribution in [0.1, 0.15) is 30.3 Å². The third-order valence-electron chi connectivity index (χ3n) is 4.17. The maximum atomic E-state index is 5.83. The number of nitrogens with one attached hydrogen (secondary N) is 2. The van der Waals surface area contributed by atoms with Gasteiger partial charge in [0, 0.05) is 44.5 Å². The van der Waals surface area contributed by atoms with Gasteiger partial charge < -0.3 is 20.1 Å². The number of aliphatic imine (C=N–C) groups is 1. The van der Waals surface area contributed by atoms with Crippen LogP contribution in [0.4, 0.5) is 0 Å². The van der Waals surface area contributed by atoms with Crippen LogP contribution < -0.4 is 10.6 Å². The summed E-state index contributed by atoms with van der Waals surface area (Å²) in [5.74, 6) is 0.770. The van der Waals surface area contributed by atoms with Crippen LogP contribution in [0.2, 0.25) is 0 Å². The van der Waals surface area contributed by atoms with E-state index in [9.17, 15) is 0 Å². The average Bonchev–Trinajstić information content (AvgIpc) is 3.12. The van der Waals surface area contributed by atoms with E-state index in [0.717, 1.165) is 24.7 Å². The molecule has 7 nitrogen and oxygen atoms in total. The molecule has 0 amide bonds. The second kappa shape index (κ2) is 10.2. The van der Waals surface area contributed by atoms with E-state index < -0.39 is 0 Å². The molecule has 0 aromatic carbocycles. The number of halogens is 1. The zero-order valence-corrected chi connectivity index (χ0v) is 17.6. The average molecular weight is 451 g/mol. The minimum atomic E-state index is 0. The summed E-state index contributed by atoms with van der Waals surface area (Å²) in [6.07, 6.45) is 1.22. The Morgan fingerprint density at radius 2 is 2.25 bits per heavy atom. The van der Waals surface area contributed by atoms with E-state index in [1.54, 1.807) is 7.05 Å². The molecule has 1 aromatic heterocycles. The summed E-state index contributed by atoms with van der Waals surface area (Å²) in [5.41, 5.74) is 3.43. The molecule has 2 rings (SSSR count). The lowest BCUT2D eigenvalue weighted by molar-refractivity contribution is 0.0347. The zero-order valence-electron chi connectivity index (χ0n) is 15.3. The van der Waals surface area contributed by atoms with Gasteiger partial charge in [0.05, 0.1) is 25.0 Å². The molecule has 1 aromatic rings. The highest BCUT2D eigenvalue weighted by atomic mass is 127. The fraction of sp³-hybridized carbons (Fsp3) is 0.750. The van der Waals surface area contributed by atoms with Crippen LogP contribution in [-0.4, -0.2) is 54.8 Å². The third-order valence-corrected chi connectivity index (χ3v) is 4.17.